The number of para-hydroxylation sites is 1. The second kappa shape index (κ2) is 6.95. The van der Waals surface area contributed by atoms with Gasteiger partial charge in [0, 0.05) is 12.1 Å². The number of anilines is 1. The molecule has 2 amide bonds. The molecule has 2 rings (SSSR count). The Labute approximate surface area is 124 Å². The van der Waals surface area contributed by atoms with Crippen LogP contribution in [0.25, 0.3) is 0 Å². The first-order valence-electron chi connectivity index (χ1n) is 6.40. The largest absolute Gasteiger partial charge is 0.386 e. The lowest BCUT2D eigenvalue weighted by Crippen LogP contribution is -2.33. The van der Waals surface area contributed by atoms with E-state index in [-0.39, 0.29) is 12.1 Å². The molecule has 0 fully saturated rings. The van der Waals surface area contributed by atoms with Crippen LogP contribution in [0.4, 0.5) is 23.7 Å². The first-order valence-corrected chi connectivity index (χ1v) is 6.40. The average Bonchev–Trinajstić information content (AvgIpc) is 2.49. The zero-order valence-corrected chi connectivity index (χ0v) is 11.3. The number of aliphatic hydroxyl groups is 1. The van der Waals surface area contributed by atoms with E-state index in [1.54, 1.807) is 0 Å². The molecule has 22 heavy (non-hydrogen) atoms. The van der Waals surface area contributed by atoms with Gasteiger partial charge >= 0.3 is 6.03 Å². The average molecular weight is 310 g/mol. The van der Waals surface area contributed by atoms with Crippen LogP contribution in [0.2, 0.25) is 0 Å². The van der Waals surface area contributed by atoms with Crippen LogP contribution in [0.5, 0.6) is 0 Å². The van der Waals surface area contributed by atoms with E-state index < -0.39 is 35.3 Å². The Balaban J connectivity index is 1.95. The van der Waals surface area contributed by atoms with Crippen LogP contribution in [-0.2, 0) is 0 Å². The molecule has 4 nitrogen and oxygen atoms in total. The molecule has 2 aromatic rings. The SMILES string of the molecule is O=C(NC[C@H](O)c1ccccc1F)Nc1c(F)cccc1F. The van der Waals surface area contributed by atoms with Gasteiger partial charge in [0.05, 0.1) is 6.10 Å². The fraction of sp³-hybridized carbons (Fsp3) is 0.133. The summed E-state index contributed by atoms with van der Waals surface area (Å²) in [7, 11) is 0. The number of carbonyl (C=O) groups excluding carboxylic acids is 1. The van der Waals surface area contributed by atoms with Crippen LogP contribution >= 0.6 is 0 Å². The van der Waals surface area contributed by atoms with Crippen molar-refractivity contribution in [1.29, 1.82) is 0 Å². The molecule has 0 aliphatic heterocycles. The second-order valence-corrected chi connectivity index (χ2v) is 4.47. The number of amides is 2. The highest BCUT2D eigenvalue weighted by atomic mass is 19.1. The van der Waals surface area contributed by atoms with Crippen molar-refractivity contribution < 1.29 is 23.1 Å². The maximum Gasteiger partial charge on any atom is 0.319 e. The van der Waals surface area contributed by atoms with Crippen LogP contribution in [0, 0.1) is 17.5 Å². The maximum absolute atomic E-state index is 13.4. The van der Waals surface area contributed by atoms with Gasteiger partial charge in [0.1, 0.15) is 23.1 Å². The Morgan fingerprint density at radius 1 is 1.00 bits per heavy atom. The fourth-order valence-corrected chi connectivity index (χ4v) is 1.82. The van der Waals surface area contributed by atoms with E-state index in [0.29, 0.717) is 0 Å². The van der Waals surface area contributed by atoms with Gasteiger partial charge in [-0.05, 0) is 18.2 Å². The Morgan fingerprint density at radius 3 is 2.23 bits per heavy atom. The Morgan fingerprint density at radius 2 is 1.59 bits per heavy atom. The minimum Gasteiger partial charge on any atom is -0.386 e. The summed E-state index contributed by atoms with van der Waals surface area (Å²) in [5, 5.41) is 14.0. The van der Waals surface area contributed by atoms with E-state index in [4.69, 9.17) is 0 Å². The van der Waals surface area contributed by atoms with Crippen molar-refractivity contribution in [1.82, 2.24) is 5.32 Å². The van der Waals surface area contributed by atoms with Crippen LogP contribution in [0.3, 0.4) is 0 Å². The van der Waals surface area contributed by atoms with Crippen molar-refractivity contribution in [2.75, 3.05) is 11.9 Å². The summed E-state index contributed by atoms with van der Waals surface area (Å²) in [6.07, 6.45) is -1.28. The summed E-state index contributed by atoms with van der Waals surface area (Å²) < 4.78 is 40.1. The van der Waals surface area contributed by atoms with Crippen molar-refractivity contribution >= 4 is 11.7 Å². The van der Waals surface area contributed by atoms with E-state index in [1.165, 1.54) is 24.3 Å². The van der Waals surface area contributed by atoms with Gasteiger partial charge in [0.25, 0.3) is 0 Å². The number of rotatable bonds is 4. The number of carbonyl (C=O) groups is 1. The number of urea groups is 1. The molecule has 2 aromatic carbocycles. The number of halogens is 3. The molecule has 0 saturated carbocycles. The van der Waals surface area contributed by atoms with Gasteiger partial charge in [-0.15, -0.1) is 0 Å². The quantitative estimate of drug-likeness (QED) is 0.813. The fourth-order valence-electron chi connectivity index (χ4n) is 1.82. The van der Waals surface area contributed by atoms with Gasteiger partial charge in [-0.3, -0.25) is 0 Å². The van der Waals surface area contributed by atoms with Gasteiger partial charge in [0.15, 0.2) is 0 Å². The van der Waals surface area contributed by atoms with Gasteiger partial charge in [-0.1, -0.05) is 24.3 Å². The van der Waals surface area contributed by atoms with E-state index in [2.05, 4.69) is 5.32 Å². The van der Waals surface area contributed by atoms with Crippen molar-refractivity contribution in [2.24, 2.45) is 0 Å². The number of aliphatic hydroxyl groups excluding tert-OH is 1. The summed E-state index contributed by atoms with van der Waals surface area (Å²) in [6.45, 7) is -0.317. The number of hydrogen-bond donors (Lipinski definition) is 3. The van der Waals surface area contributed by atoms with Gasteiger partial charge < -0.3 is 15.7 Å². The second-order valence-electron chi connectivity index (χ2n) is 4.47. The molecule has 0 aliphatic carbocycles. The lowest BCUT2D eigenvalue weighted by Gasteiger charge is -2.14. The molecule has 1 atom stereocenters. The molecule has 0 spiro atoms. The molecular formula is C15H13F3N2O2. The Kier molecular flexibility index (Phi) is 5.00. The molecule has 0 aromatic heterocycles. The van der Waals surface area contributed by atoms with Crippen molar-refractivity contribution in [3.8, 4) is 0 Å². The third-order valence-electron chi connectivity index (χ3n) is 2.92. The predicted molar refractivity (Wildman–Crippen MR) is 74.7 cm³/mol. The number of nitrogens with one attached hydrogen (secondary N) is 2. The third-order valence-corrected chi connectivity index (χ3v) is 2.92. The molecule has 0 heterocycles. The molecule has 0 radical (unpaired) electrons. The normalized spacial score (nSPS) is 11.8. The number of hydrogen-bond acceptors (Lipinski definition) is 2. The Bertz CT molecular complexity index is 659. The first-order chi connectivity index (χ1) is 10.5. The smallest absolute Gasteiger partial charge is 0.319 e. The van der Waals surface area contributed by atoms with Gasteiger partial charge in [-0.25, -0.2) is 18.0 Å². The standard InChI is InChI=1S/C15H13F3N2O2/c16-10-5-2-1-4-9(10)13(21)8-19-15(22)20-14-11(17)6-3-7-12(14)18/h1-7,13,21H,8H2,(H2,19,20,22)/t13-/m0/s1. The molecule has 3 N–H and O–H groups in total. The summed E-state index contributed by atoms with van der Waals surface area (Å²) in [4.78, 5) is 11.6. The van der Waals surface area contributed by atoms with Crippen molar-refractivity contribution in [3.63, 3.8) is 0 Å². The molecule has 116 valence electrons. The van der Waals surface area contributed by atoms with Crippen LogP contribution in [0.15, 0.2) is 42.5 Å². The monoisotopic (exact) mass is 310 g/mol. The van der Waals surface area contributed by atoms with Crippen LogP contribution < -0.4 is 10.6 Å². The molecule has 0 unspecified atom stereocenters. The van der Waals surface area contributed by atoms with E-state index in [1.807, 2.05) is 5.32 Å². The Hall–Kier alpha value is -2.54. The summed E-state index contributed by atoms with van der Waals surface area (Å²) in [5.41, 5.74) is -0.583. The van der Waals surface area contributed by atoms with Crippen LogP contribution in [0.1, 0.15) is 11.7 Å². The van der Waals surface area contributed by atoms with E-state index >= 15 is 0 Å². The van der Waals surface area contributed by atoms with Gasteiger partial charge in [0.2, 0.25) is 0 Å². The molecule has 0 aliphatic rings. The minimum atomic E-state index is -1.28. The lowest BCUT2D eigenvalue weighted by atomic mass is 10.1. The summed E-state index contributed by atoms with van der Waals surface area (Å²) >= 11 is 0. The molecule has 0 saturated heterocycles. The van der Waals surface area contributed by atoms with E-state index in [9.17, 15) is 23.1 Å². The maximum atomic E-state index is 13.4. The summed E-state index contributed by atoms with van der Waals surface area (Å²) in [6, 6.07) is 7.78. The highest BCUT2D eigenvalue weighted by Gasteiger charge is 2.15. The predicted octanol–water partition coefficient (Wildman–Crippen LogP) is 2.96. The van der Waals surface area contributed by atoms with E-state index in [0.717, 1.165) is 18.2 Å². The highest BCUT2D eigenvalue weighted by Crippen LogP contribution is 2.18. The molecule has 7 heteroatoms. The lowest BCUT2D eigenvalue weighted by molar-refractivity contribution is 0.170. The van der Waals surface area contributed by atoms with Crippen molar-refractivity contribution in [3.05, 3.63) is 65.5 Å². The van der Waals surface area contributed by atoms with Crippen LogP contribution in [-0.4, -0.2) is 17.7 Å². The third kappa shape index (κ3) is 3.76. The topological polar surface area (TPSA) is 61.4 Å². The number of benzene rings is 2. The van der Waals surface area contributed by atoms with Crippen molar-refractivity contribution in [2.45, 2.75) is 6.10 Å². The molecule has 0 bridgehead atoms. The molecular weight excluding hydrogens is 297 g/mol. The zero-order valence-electron chi connectivity index (χ0n) is 11.3. The highest BCUT2D eigenvalue weighted by molar-refractivity contribution is 5.89. The minimum absolute atomic E-state index is 0.0138. The van der Waals surface area contributed by atoms with Gasteiger partial charge in [-0.2, -0.15) is 0 Å². The summed E-state index contributed by atoms with van der Waals surface area (Å²) in [5.74, 6) is -2.47. The zero-order chi connectivity index (χ0) is 16.1. The first kappa shape index (κ1) is 15.8.